The van der Waals surface area contributed by atoms with Crippen LogP contribution in [-0.2, 0) is 32.0 Å². The number of hydrogen-bond acceptors (Lipinski definition) is 7. The summed E-state index contributed by atoms with van der Waals surface area (Å²) in [7, 11) is 1.55. The molecule has 2 aromatic rings. The number of thiophene rings is 1. The molecule has 5 N–H and O–H groups in total. The van der Waals surface area contributed by atoms with E-state index in [0.717, 1.165) is 10.4 Å². The molecule has 0 radical (unpaired) electrons. The summed E-state index contributed by atoms with van der Waals surface area (Å²) in [5.74, 6) is -1.40. The first kappa shape index (κ1) is 27.2. The number of piperidine rings is 1. The van der Waals surface area contributed by atoms with E-state index >= 15 is 0 Å². The third-order valence-electron chi connectivity index (χ3n) is 6.08. The number of nitrogens with two attached hydrogens (primary N) is 1. The molecule has 10 nitrogen and oxygen atoms in total. The van der Waals surface area contributed by atoms with Crippen molar-refractivity contribution in [2.75, 3.05) is 13.7 Å². The molecule has 4 amide bonds. The maximum Gasteiger partial charge on any atom is 0.251 e. The first-order chi connectivity index (χ1) is 17.2. The van der Waals surface area contributed by atoms with E-state index in [2.05, 4.69) is 10.6 Å². The van der Waals surface area contributed by atoms with Gasteiger partial charge in [0.1, 0.15) is 23.9 Å². The molecular weight excluding hydrogens is 484 g/mol. The predicted octanol–water partition coefficient (Wildman–Crippen LogP) is 0.369. The third kappa shape index (κ3) is 7.28. The maximum atomic E-state index is 13.3. The zero-order valence-corrected chi connectivity index (χ0v) is 21.1. The van der Waals surface area contributed by atoms with Crippen LogP contribution in [0.25, 0.3) is 0 Å². The molecule has 36 heavy (non-hydrogen) atoms. The molecule has 11 heteroatoms. The molecule has 1 aliphatic rings. The van der Waals surface area contributed by atoms with E-state index in [4.69, 9.17) is 10.5 Å². The predicted molar refractivity (Wildman–Crippen MR) is 134 cm³/mol. The first-order valence-corrected chi connectivity index (χ1v) is 12.6. The van der Waals surface area contributed by atoms with Gasteiger partial charge in [0.2, 0.25) is 17.7 Å². The largest absolute Gasteiger partial charge is 0.497 e. The molecule has 0 saturated carbocycles. The number of nitrogens with zero attached hydrogens (tertiary/aromatic N) is 1. The Hall–Kier alpha value is -3.44. The molecule has 0 unspecified atom stereocenters. The summed E-state index contributed by atoms with van der Waals surface area (Å²) in [6.07, 6.45) is -0.329. The molecule has 4 atom stereocenters. The van der Waals surface area contributed by atoms with Crippen LogP contribution in [-0.4, -0.2) is 71.5 Å². The Morgan fingerprint density at radius 1 is 1.22 bits per heavy atom. The zero-order valence-electron chi connectivity index (χ0n) is 20.3. The zero-order chi connectivity index (χ0) is 26.2. The van der Waals surface area contributed by atoms with Crippen molar-refractivity contribution in [2.45, 2.75) is 56.8 Å². The molecule has 194 valence electrons. The van der Waals surface area contributed by atoms with Crippen molar-refractivity contribution in [1.29, 1.82) is 0 Å². The van der Waals surface area contributed by atoms with E-state index in [0.29, 0.717) is 12.2 Å². The van der Waals surface area contributed by atoms with Crippen molar-refractivity contribution in [3.63, 3.8) is 0 Å². The fourth-order valence-corrected chi connectivity index (χ4v) is 4.89. The molecule has 1 aromatic carbocycles. The summed E-state index contributed by atoms with van der Waals surface area (Å²) in [5, 5.41) is 17.4. The molecule has 1 saturated heterocycles. The Balaban J connectivity index is 1.70. The van der Waals surface area contributed by atoms with Crippen LogP contribution in [0.3, 0.4) is 0 Å². The van der Waals surface area contributed by atoms with Crippen molar-refractivity contribution in [2.24, 2.45) is 5.73 Å². The van der Waals surface area contributed by atoms with Gasteiger partial charge in [-0.05, 0) is 48.9 Å². The van der Waals surface area contributed by atoms with E-state index in [-0.39, 0.29) is 37.8 Å². The van der Waals surface area contributed by atoms with Gasteiger partial charge < -0.3 is 31.1 Å². The van der Waals surface area contributed by atoms with Crippen LogP contribution in [0.4, 0.5) is 0 Å². The highest BCUT2D eigenvalue weighted by Gasteiger charge is 2.39. The minimum atomic E-state index is -1.29. The summed E-state index contributed by atoms with van der Waals surface area (Å²) in [4.78, 5) is 52.8. The smallest absolute Gasteiger partial charge is 0.251 e. The average Bonchev–Trinajstić information content (AvgIpc) is 3.36. The number of likely N-dealkylation sites (tertiary alicyclic amines) is 1. The van der Waals surface area contributed by atoms with Gasteiger partial charge in [0.25, 0.3) is 5.91 Å². The second-order valence-electron chi connectivity index (χ2n) is 8.78. The highest BCUT2D eigenvalue weighted by Crippen LogP contribution is 2.21. The second kappa shape index (κ2) is 12.5. The number of aliphatic hydroxyl groups excluding tert-OH is 1. The summed E-state index contributed by atoms with van der Waals surface area (Å²) in [6, 6.07) is 8.42. The van der Waals surface area contributed by atoms with Crippen molar-refractivity contribution in [3.8, 4) is 5.75 Å². The normalized spacial score (nSPS) is 19.1. The van der Waals surface area contributed by atoms with Crippen LogP contribution in [0.15, 0.2) is 41.8 Å². The highest BCUT2D eigenvalue weighted by atomic mass is 32.1. The van der Waals surface area contributed by atoms with Crippen LogP contribution in [0.1, 0.15) is 30.2 Å². The monoisotopic (exact) mass is 516 g/mol. The van der Waals surface area contributed by atoms with E-state index in [1.165, 1.54) is 23.2 Å². The SMILES string of the molecule is COc1ccc(C[C@H](NC(=O)[C@@H]2C[C@@H](NC(=O)Cc3cccs3)CCN2C(=O)[C@H](C)O)C(N)=O)cc1. The van der Waals surface area contributed by atoms with Crippen LogP contribution < -0.4 is 21.1 Å². The van der Waals surface area contributed by atoms with Crippen LogP contribution in [0.5, 0.6) is 5.75 Å². The van der Waals surface area contributed by atoms with E-state index < -0.39 is 35.9 Å². The Kier molecular flexibility index (Phi) is 9.43. The molecule has 3 rings (SSSR count). The van der Waals surface area contributed by atoms with Crippen molar-refractivity contribution >= 4 is 35.0 Å². The lowest BCUT2D eigenvalue weighted by Gasteiger charge is -2.39. The Labute approximate surface area is 213 Å². The summed E-state index contributed by atoms with van der Waals surface area (Å²) < 4.78 is 5.14. The molecule has 0 bridgehead atoms. The number of primary amides is 1. The highest BCUT2D eigenvalue weighted by molar-refractivity contribution is 7.10. The second-order valence-corrected chi connectivity index (χ2v) is 9.82. The van der Waals surface area contributed by atoms with Gasteiger partial charge >= 0.3 is 0 Å². The number of ether oxygens (including phenoxy) is 1. The van der Waals surface area contributed by atoms with Crippen molar-refractivity contribution in [1.82, 2.24) is 15.5 Å². The number of benzene rings is 1. The number of carbonyl (C=O) groups excluding carboxylic acids is 4. The Morgan fingerprint density at radius 3 is 2.53 bits per heavy atom. The minimum absolute atomic E-state index is 0.147. The molecule has 1 aromatic heterocycles. The lowest BCUT2D eigenvalue weighted by atomic mass is 9.94. The van der Waals surface area contributed by atoms with Gasteiger partial charge in [0.15, 0.2) is 0 Å². The van der Waals surface area contributed by atoms with E-state index in [1.807, 2.05) is 17.5 Å². The van der Waals surface area contributed by atoms with Crippen LogP contribution in [0, 0.1) is 0 Å². The molecule has 0 aliphatic carbocycles. The van der Waals surface area contributed by atoms with Crippen LogP contribution >= 0.6 is 11.3 Å². The van der Waals surface area contributed by atoms with Gasteiger partial charge in [-0.15, -0.1) is 11.3 Å². The van der Waals surface area contributed by atoms with Gasteiger partial charge in [-0.2, -0.15) is 0 Å². The first-order valence-electron chi connectivity index (χ1n) is 11.7. The number of carbonyl (C=O) groups is 4. The van der Waals surface area contributed by atoms with Gasteiger partial charge in [0.05, 0.1) is 13.5 Å². The third-order valence-corrected chi connectivity index (χ3v) is 6.96. The molecular formula is C25H32N4O6S. The number of methoxy groups -OCH3 is 1. The maximum absolute atomic E-state index is 13.3. The van der Waals surface area contributed by atoms with Gasteiger partial charge in [-0.1, -0.05) is 18.2 Å². The van der Waals surface area contributed by atoms with Crippen molar-refractivity contribution in [3.05, 3.63) is 52.2 Å². The fourth-order valence-electron chi connectivity index (χ4n) is 4.19. The number of nitrogens with one attached hydrogen (secondary N) is 2. The topological polar surface area (TPSA) is 151 Å². The average molecular weight is 517 g/mol. The van der Waals surface area contributed by atoms with Gasteiger partial charge in [-0.25, -0.2) is 0 Å². The number of aliphatic hydroxyl groups is 1. The Bertz CT molecular complexity index is 1060. The number of amides is 4. The summed E-state index contributed by atoms with van der Waals surface area (Å²) >= 11 is 1.48. The Morgan fingerprint density at radius 2 is 1.94 bits per heavy atom. The molecule has 0 spiro atoms. The van der Waals surface area contributed by atoms with Gasteiger partial charge in [0, 0.05) is 23.9 Å². The summed E-state index contributed by atoms with van der Waals surface area (Å²) in [5.41, 5.74) is 6.33. The van der Waals surface area contributed by atoms with Gasteiger partial charge in [-0.3, -0.25) is 19.2 Å². The minimum Gasteiger partial charge on any atom is -0.497 e. The molecule has 1 fully saturated rings. The van der Waals surface area contributed by atoms with E-state index in [1.54, 1.807) is 31.4 Å². The van der Waals surface area contributed by atoms with E-state index in [9.17, 15) is 24.3 Å². The van der Waals surface area contributed by atoms with Crippen molar-refractivity contribution < 1.29 is 29.0 Å². The number of hydrogen-bond donors (Lipinski definition) is 4. The van der Waals surface area contributed by atoms with Crippen LogP contribution in [0.2, 0.25) is 0 Å². The quantitative estimate of drug-likeness (QED) is 0.358. The summed E-state index contributed by atoms with van der Waals surface area (Å²) in [6.45, 7) is 1.51. The molecule has 1 aliphatic heterocycles. The lowest BCUT2D eigenvalue weighted by Crippen LogP contribution is -2.61. The number of rotatable bonds is 10. The standard InChI is InChI=1S/C25H32N4O6S/c1-15(30)25(34)29-10-9-17(27-22(31)14-19-4-3-11-36-19)13-21(29)24(33)28-20(23(26)32)12-16-5-7-18(35-2)8-6-16/h3-8,11,15,17,20-21,30H,9-10,12-14H2,1-2H3,(H2,26,32)(H,27,31)(H,28,33)/t15-,17-,20-,21-/m0/s1. The molecule has 2 heterocycles. The fraction of sp³-hybridized carbons (Fsp3) is 0.440. The lowest BCUT2D eigenvalue weighted by molar-refractivity contribution is -0.149.